The number of ether oxygens (including phenoxy) is 1. The molecule has 3 N–H and O–H groups in total. The number of rotatable bonds is 4. The maximum atomic E-state index is 12.4. The average Bonchev–Trinajstić information content (AvgIpc) is 2.95. The van der Waals surface area contributed by atoms with Gasteiger partial charge in [-0.1, -0.05) is 31.8 Å². The van der Waals surface area contributed by atoms with E-state index < -0.39 is 8.07 Å². The van der Waals surface area contributed by atoms with Crippen molar-refractivity contribution in [3.63, 3.8) is 0 Å². The third kappa shape index (κ3) is 3.76. The number of H-pyrrole nitrogens is 1. The van der Waals surface area contributed by atoms with Gasteiger partial charge in [-0.3, -0.25) is 0 Å². The summed E-state index contributed by atoms with van der Waals surface area (Å²) in [5.74, 6) is -0.357. The summed E-state index contributed by atoms with van der Waals surface area (Å²) in [6.45, 7) is 12.5. The Morgan fingerprint density at radius 1 is 1.22 bits per heavy atom. The third-order valence-electron chi connectivity index (χ3n) is 4.55. The van der Waals surface area contributed by atoms with Gasteiger partial charge in [-0.2, -0.15) is 0 Å². The van der Waals surface area contributed by atoms with Crippen molar-refractivity contribution >= 4 is 36.1 Å². The number of aromatic nitrogens is 2. The summed E-state index contributed by atoms with van der Waals surface area (Å²) < 4.78 is 5.34. The molecular weight excluding hydrogens is 354 g/mol. The molecule has 6 heteroatoms. The maximum absolute atomic E-state index is 12.4. The second-order valence-electron chi connectivity index (χ2n) is 8.27. The Bertz CT molecular complexity index is 1020. The second-order valence-corrected chi connectivity index (χ2v) is 13.3. The zero-order valence-corrected chi connectivity index (χ0v) is 17.8. The normalized spacial score (nSPS) is 12.0. The topological polar surface area (TPSA) is 81.0 Å². The van der Waals surface area contributed by atoms with Gasteiger partial charge in [-0.25, -0.2) is 9.78 Å². The minimum Gasteiger partial charge on any atom is -0.459 e. The van der Waals surface area contributed by atoms with Crippen LogP contribution in [0.25, 0.3) is 22.2 Å². The van der Waals surface area contributed by atoms with E-state index in [1.165, 1.54) is 5.32 Å². The number of esters is 1. The van der Waals surface area contributed by atoms with E-state index in [0.29, 0.717) is 5.56 Å². The van der Waals surface area contributed by atoms with E-state index in [2.05, 4.69) is 35.7 Å². The number of anilines is 1. The highest BCUT2D eigenvalue weighted by Crippen LogP contribution is 2.31. The maximum Gasteiger partial charge on any atom is 0.339 e. The summed E-state index contributed by atoms with van der Waals surface area (Å²) in [4.78, 5) is 20.4. The van der Waals surface area contributed by atoms with Crippen molar-refractivity contribution < 1.29 is 9.53 Å². The number of nitrogen functional groups attached to an aromatic ring is 1. The predicted octanol–water partition coefficient (Wildman–Crippen LogP) is 4.23. The lowest BCUT2D eigenvalue weighted by molar-refractivity contribution is 0.0377. The lowest BCUT2D eigenvalue weighted by Crippen LogP contribution is -2.39. The smallest absolute Gasteiger partial charge is 0.339 e. The number of hydrogen-bond acceptors (Lipinski definition) is 4. The molecule has 0 spiro atoms. The number of nitrogens with zero attached hydrogens (tertiary/aromatic N) is 1. The van der Waals surface area contributed by atoms with Crippen LogP contribution in [0.5, 0.6) is 0 Å². The number of aromatic amines is 1. The van der Waals surface area contributed by atoms with E-state index in [0.717, 1.165) is 33.4 Å². The van der Waals surface area contributed by atoms with E-state index in [-0.39, 0.29) is 12.1 Å². The molecule has 5 nitrogen and oxygen atoms in total. The lowest BCUT2D eigenvalue weighted by atomic mass is 10.0. The van der Waals surface area contributed by atoms with Gasteiger partial charge in [-0.05, 0) is 44.0 Å². The van der Waals surface area contributed by atoms with Crippen LogP contribution in [-0.2, 0) is 4.74 Å². The molecule has 0 bridgehead atoms. The van der Waals surface area contributed by atoms with E-state index in [1.807, 2.05) is 39.0 Å². The average molecular weight is 382 g/mol. The van der Waals surface area contributed by atoms with Crippen molar-refractivity contribution in [3.8, 4) is 11.1 Å². The number of benzene rings is 1. The first kappa shape index (κ1) is 19.2. The fourth-order valence-electron chi connectivity index (χ4n) is 3.12. The molecular formula is C21H27N3O2Si. The fraction of sp³-hybridized carbons (Fsp3) is 0.333. The Labute approximate surface area is 161 Å². The molecule has 142 valence electrons. The highest BCUT2D eigenvalue weighted by molar-refractivity contribution is 6.89. The van der Waals surface area contributed by atoms with Crippen molar-refractivity contribution in [1.29, 1.82) is 0 Å². The largest absolute Gasteiger partial charge is 0.459 e. The van der Waals surface area contributed by atoms with Gasteiger partial charge in [0.25, 0.3) is 0 Å². The summed E-state index contributed by atoms with van der Waals surface area (Å²) in [7, 11) is -1.70. The van der Waals surface area contributed by atoms with Gasteiger partial charge in [0.2, 0.25) is 0 Å². The summed E-state index contributed by atoms with van der Waals surface area (Å²) in [5, 5.41) is 2.12. The summed E-state index contributed by atoms with van der Waals surface area (Å²) in [6.07, 6.45) is 1.40. The third-order valence-corrected chi connectivity index (χ3v) is 6.42. The molecule has 27 heavy (non-hydrogen) atoms. The van der Waals surface area contributed by atoms with Crippen LogP contribution in [-0.4, -0.2) is 30.1 Å². The van der Waals surface area contributed by atoms with Crippen LogP contribution in [0.2, 0.25) is 19.6 Å². The zero-order chi connectivity index (χ0) is 19.9. The molecule has 0 saturated carbocycles. The van der Waals surface area contributed by atoms with Gasteiger partial charge in [0.05, 0.1) is 19.7 Å². The molecule has 2 aromatic heterocycles. The first-order valence-electron chi connectivity index (χ1n) is 9.17. The van der Waals surface area contributed by atoms with Gasteiger partial charge in [0.15, 0.2) is 0 Å². The van der Waals surface area contributed by atoms with Crippen LogP contribution >= 0.6 is 0 Å². The van der Waals surface area contributed by atoms with Crippen LogP contribution in [0.3, 0.4) is 0 Å². The molecule has 0 atom stereocenters. The van der Waals surface area contributed by atoms with Crippen LogP contribution in [0, 0.1) is 6.92 Å². The minimum atomic E-state index is -1.70. The van der Waals surface area contributed by atoms with Crippen molar-refractivity contribution in [3.05, 3.63) is 41.6 Å². The first-order chi connectivity index (χ1) is 12.6. The van der Waals surface area contributed by atoms with Gasteiger partial charge < -0.3 is 15.5 Å². The number of carbonyl (C=O) groups excluding carboxylic acids is 1. The van der Waals surface area contributed by atoms with E-state index in [1.54, 1.807) is 6.20 Å². The van der Waals surface area contributed by atoms with Crippen molar-refractivity contribution in [2.24, 2.45) is 0 Å². The lowest BCUT2D eigenvalue weighted by Gasteiger charge is -2.18. The highest BCUT2D eigenvalue weighted by Gasteiger charge is 2.26. The Balaban J connectivity index is 2.26. The molecule has 0 unspecified atom stereocenters. The zero-order valence-electron chi connectivity index (χ0n) is 16.8. The predicted molar refractivity (Wildman–Crippen MR) is 114 cm³/mol. The number of nitrogens with one attached hydrogen (secondary N) is 1. The molecule has 0 aliphatic rings. The highest BCUT2D eigenvalue weighted by atomic mass is 28.3. The molecule has 3 rings (SSSR count). The Kier molecular flexibility index (Phi) is 4.86. The monoisotopic (exact) mass is 381 g/mol. The quantitative estimate of drug-likeness (QED) is 0.402. The number of nitrogens with two attached hydrogens (primary N) is 1. The molecule has 0 aliphatic heterocycles. The van der Waals surface area contributed by atoms with Gasteiger partial charge in [-0.15, -0.1) is 0 Å². The Morgan fingerprint density at radius 3 is 2.52 bits per heavy atom. The van der Waals surface area contributed by atoms with Crippen LogP contribution < -0.4 is 11.1 Å². The van der Waals surface area contributed by atoms with Crippen LogP contribution in [0.15, 0.2) is 30.5 Å². The number of hydrogen-bond donors (Lipinski definition) is 2. The fourth-order valence-corrected chi connectivity index (χ4v) is 4.64. The minimum absolute atomic E-state index is 0.173. The van der Waals surface area contributed by atoms with Gasteiger partial charge in [0, 0.05) is 28.2 Å². The molecule has 1 aromatic carbocycles. The molecule has 0 saturated heterocycles. The summed E-state index contributed by atoms with van der Waals surface area (Å²) >= 11 is 0. The molecule has 0 radical (unpaired) electrons. The SMILES string of the molecule is Cc1ccc(-c2c([Si](C)(C)C)[nH]c3ncc(C(=O)OC(C)C)cc23)cc1N. The summed E-state index contributed by atoms with van der Waals surface area (Å²) in [5.41, 5.74) is 11.3. The Morgan fingerprint density at radius 2 is 1.93 bits per heavy atom. The van der Waals surface area contributed by atoms with Crippen molar-refractivity contribution in [2.45, 2.75) is 46.5 Å². The summed E-state index contributed by atoms with van der Waals surface area (Å²) in [6, 6.07) is 7.98. The molecule has 3 aromatic rings. The Hall–Kier alpha value is -2.60. The van der Waals surface area contributed by atoms with Gasteiger partial charge >= 0.3 is 5.97 Å². The van der Waals surface area contributed by atoms with Crippen LogP contribution in [0.1, 0.15) is 29.8 Å². The first-order valence-corrected chi connectivity index (χ1v) is 12.7. The number of fused-ring (bicyclic) bond motifs is 1. The molecule has 0 fully saturated rings. The van der Waals surface area contributed by atoms with E-state index in [4.69, 9.17) is 10.5 Å². The van der Waals surface area contributed by atoms with Crippen molar-refractivity contribution in [2.75, 3.05) is 5.73 Å². The number of carbonyl (C=O) groups is 1. The molecule has 0 aliphatic carbocycles. The van der Waals surface area contributed by atoms with Crippen LogP contribution in [0.4, 0.5) is 5.69 Å². The number of pyridine rings is 1. The second kappa shape index (κ2) is 6.85. The molecule has 2 heterocycles. The van der Waals surface area contributed by atoms with Crippen molar-refractivity contribution in [1.82, 2.24) is 9.97 Å². The van der Waals surface area contributed by atoms with Gasteiger partial charge in [0.1, 0.15) is 5.65 Å². The molecule has 0 amide bonds. The number of aryl methyl sites for hydroxylation is 1. The van der Waals surface area contributed by atoms with E-state index in [9.17, 15) is 4.79 Å². The standard InChI is InChI=1S/C21H27N3O2Si/c1-12(2)26-21(25)15-9-16-18(14-8-7-13(3)17(22)10-14)20(27(4,5)6)24-19(16)23-11-15/h7-12H,22H2,1-6H3,(H,23,24). The van der Waals surface area contributed by atoms with E-state index >= 15 is 0 Å².